The third kappa shape index (κ3) is 3.76. The largest absolute Gasteiger partial charge is 0.462 e. The second-order valence-corrected chi connectivity index (χ2v) is 8.56. The van der Waals surface area contributed by atoms with Gasteiger partial charge in [-0.25, -0.2) is 4.79 Å². The minimum atomic E-state index is -0.333. The summed E-state index contributed by atoms with van der Waals surface area (Å²) in [4.78, 5) is 17.6. The number of fused-ring (bicyclic) bond motifs is 2. The molecule has 1 aromatic carbocycles. The summed E-state index contributed by atoms with van der Waals surface area (Å²) in [5.41, 5.74) is 4.45. The smallest absolute Gasteiger partial charge is 0.338 e. The Hall–Kier alpha value is -1.69. The summed E-state index contributed by atoms with van der Waals surface area (Å²) in [6.07, 6.45) is 5.86. The van der Waals surface area contributed by atoms with Crippen LogP contribution in [0.3, 0.4) is 0 Å². The Morgan fingerprint density at radius 3 is 2.86 bits per heavy atom. The summed E-state index contributed by atoms with van der Waals surface area (Å²) >= 11 is 9.83. The monoisotopic (exact) mass is 460 g/mol. The van der Waals surface area contributed by atoms with Crippen LogP contribution in [0.15, 0.2) is 34.9 Å². The zero-order valence-corrected chi connectivity index (χ0v) is 18.0. The van der Waals surface area contributed by atoms with E-state index in [9.17, 15) is 4.79 Å². The van der Waals surface area contributed by atoms with Crippen LogP contribution >= 0.6 is 27.5 Å². The molecule has 0 radical (unpaired) electrons. The highest BCUT2D eigenvalue weighted by Gasteiger charge is 2.34. The van der Waals surface area contributed by atoms with Gasteiger partial charge in [0.05, 0.1) is 17.9 Å². The third-order valence-corrected chi connectivity index (χ3v) is 6.17. The standard InChI is InChI=1S/C22H22BrClN2O2/c1-2-28-22(27)19-10-14-9-16(24)3-4-17(14)20(13-5-7-25-8-6-13)21-18(19)11-15(23)12-26-21/h3-4,9-13,20,25H,2,5-8H2,1H3. The first kappa shape index (κ1) is 19.6. The molecule has 1 saturated heterocycles. The molecule has 0 saturated carbocycles. The highest BCUT2D eigenvalue weighted by atomic mass is 79.9. The maximum absolute atomic E-state index is 12.8. The second kappa shape index (κ2) is 8.36. The number of pyridine rings is 1. The van der Waals surface area contributed by atoms with Crippen molar-refractivity contribution in [3.8, 4) is 0 Å². The van der Waals surface area contributed by atoms with Crippen molar-refractivity contribution in [1.29, 1.82) is 0 Å². The molecular formula is C22H22BrClN2O2. The lowest BCUT2D eigenvalue weighted by Crippen LogP contribution is -2.32. The van der Waals surface area contributed by atoms with E-state index in [0.717, 1.165) is 47.2 Å². The van der Waals surface area contributed by atoms with Crippen LogP contribution in [0.5, 0.6) is 0 Å². The molecule has 1 unspecified atom stereocenters. The Bertz CT molecular complexity index is 938. The molecule has 28 heavy (non-hydrogen) atoms. The number of nitrogens with zero attached hydrogens (tertiary/aromatic N) is 1. The Labute approximate surface area is 178 Å². The Kier molecular flexibility index (Phi) is 5.85. The van der Waals surface area contributed by atoms with Crippen molar-refractivity contribution in [1.82, 2.24) is 10.3 Å². The normalized spacial score (nSPS) is 19.2. The van der Waals surface area contributed by atoms with Crippen molar-refractivity contribution in [2.75, 3.05) is 19.7 Å². The van der Waals surface area contributed by atoms with Gasteiger partial charge in [-0.15, -0.1) is 0 Å². The Morgan fingerprint density at radius 1 is 1.32 bits per heavy atom. The number of benzene rings is 1. The van der Waals surface area contributed by atoms with Crippen molar-refractivity contribution in [2.24, 2.45) is 5.92 Å². The SMILES string of the molecule is CCOC(=O)C1=Cc2cc(Cl)ccc2C(C2CCNCC2)c2ncc(Br)cc21. The van der Waals surface area contributed by atoms with E-state index in [-0.39, 0.29) is 11.9 Å². The minimum Gasteiger partial charge on any atom is -0.462 e. The van der Waals surface area contributed by atoms with Crippen LogP contribution in [0.25, 0.3) is 11.6 Å². The van der Waals surface area contributed by atoms with E-state index >= 15 is 0 Å². The molecule has 2 aliphatic rings. The molecule has 2 heterocycles. The number of carbonyl (C=O) groups is 1. The molecule has 0 bridgehead atoms. The molecule has 1 fully saturated rings. The van der Waals surface area contributed by atoms with E-state index in [0.29, 0.717) is 23.1 Å². The molecule has 1 aliphatic carbocycles. The number of rotatable bonds is 3. The molecule has 2 aromatic rings. The topological polar surface area (TPSA) is 51.2 Å². The van der Waals surface area contributed by atoms with Crippen LogP contribution in [0.1, 0.15) is 48.1 Å². The summed E-state index contributed by atoms with van der Waals surface area (Å²) < 4.78 is 6.21. The van der Waals surface area contributed by atoms with Gasteiger partial charge in [-0.3, -0.25) is 4.98 Å². The van der Waals surface area contributed by atoms with E-state index in [1.54, 1.807) is 0 Å². The van der Waals surface area contributed by atoms with Crippen LogP contribution in [0.4, 0.5) is 0 Å². The summed E-state index contributed by atoms with van der Waals surface area (Å²) in [5.74, 6) is 0.227. The quantitative estimate of drug-likeness (QED) is 0.650. The van der Waals surface area contributed by atoms with Crippen molar-refractivity contribution in [2.45, 2.75) is 25.7 Å². The van der Waals surface area contributed by atoms with E-state index in [1.165, 1.54) is 5.56 Å². The average molecular weight is 462 g/mol. The van der Waals surface area contributed by atoms with Crippen LogP contribution < -0.4 is 5.32 Å². The molecule has 6 heteroatoms. The summed E-state index contributed by atoms with van der Waals surface area (Å²) in [5, 5.41) is 4.10. The molecule has 0 spiro atoms. The van der Waals surface area contributed by atoms with Gasteiger partial charge in [0.15, 0.2) is 0 Å². The van der Waals surface area contributed by atoms with Gasteiger partial charge in [0.25, 0.3) is 0 Å². The molecule has 1 N–H and O–H groups in total. The van der Waals surface area contributed by atoms with Crippen LogP contribution in [0.2, 0.25) is 5.02 Å². The number of nitrogens with one attached hydrogen (secondary N) is 1. The van der Waals surface area contributed by atoms with Gasteiger partial charge in [0.1, 0.15) is 0 Å². The number of halogens is 2. The van der Waals surface area contributed by atoms with Gasteiger partial charge in [-0.2, -0.15) is 0 Å². The van der Waals surface area contributed by atoms with Crippen molar-refractivity contribution >= 4 is 45.1 Å². The second-order valence-electron chi connectivity index (χ2n) is 7.20. The highest BCUT2D eigenvalue weighted by Crippen LogP contribution is 2.44. The average Bonchev–Trinajstić information content (AvgIpc) is 2.83. The fourth-order valence-electron chi connectivity index (χ4n) is 4.28. The molecule has 4 nitrogen and oxygen atoms in total. The summed E-state index contributed by atoms with van der Waals surface area (Å²) in [7, 11) is 0. The van der Waals surface area contributed by atoms with E-state index in [2.05, 4.69) is 27.3 Å². The number of hydrogen-bond donors (Lipinski definition) is 1. The lowest BCUT2D eigenvalue weighted by Gasteiger charge is -2.32. The predicted molar refractivity (Wildman–Crippen MR) is 115 cm³/mol. The molecule has 1 aliphatic heterocycles. The first-order valence-corrected chi connectivity index (χ1v) is 10.8. The maximum atomic E-state index is 12.8. The van der Waals surface area contributed by atoms with Crippen LogP contribution in [-0.4, -0.2) is 30.6 Å². The minimum absolute atomic E-state index is 0.112. The van der Waals surface area contributed by atoms with Gasteiger partial charge < -0.3 is 10.1 Å². The molecule has 0 amide bonds. The van der Waals surface area contributed by atoms with E-state index < -0.39 is 0 Å². The summed E-state index contributed by atoms with van der Waals surface area (Å²) in [6, 6.07) is 7.93. The molecule has 4 rings (SSSR count). The lowest BCUT2D eigenvalue weighted by molar-refractivity contribution is -0.136. The highest BCUT2D eigenvalue weighted by molar-refractivity contribution is 9.10. The van der Waals surface area contributed by atoms with Gasteiger partial charge in [-0.1, -0.05) is 17.7 Å². The lowest BCUT2D eigenvalue weighted by atomic mass is 9.76. The predicted octanol–water partition coefficient (Wildman–Crippen LogP) is 5.05. The van der Waals surface area contributed by atoms with Crippen LogP contribution in [0, 0.1) is 5.92 Å². The number of carbonyl (C=O) groups excluding carboxylic acids is 1. The zero-order chi connectivity index (χ0) is 19.7. The van der Waals surface area contributed by atoms with Gasteiger partial charge in [-0.05, 0) is 90.1 Å². The Morgan fingerprint density at radius 2 is 2.11 bits per heavy atom. The number of ether oxygens (including phenoxy) is 1. The molecule has 1 atom stereocenters. The van der Waals surface area contributed by atoms with Gasteiger partial charge in [0, 0.05) is 27.2 Å². The first-order chi connectivity index (χ1) is 13.6. The van der Waals surface area contributed by atoms with Gasteiger partial charge >= 0.3 is 5.97 Å². The molecule has 1 aromatic heterocycles. The van der Waals surface area contributed by atoms with Crippen molar-refractivity contribution in [3.63, 3.8) is 0 Å². The van der Waals surface area contributed by atoms with Gasteiger partial charge in [0.2, 0.25) is 0 Å². The maximum Gasteiger partial charge on any atom is 0.338 e. The fraction of sp³-hybridized carbons (Fsp3) is 0.364. The fourth-order valence-corrected chi connectivity index (χ4v) is 4.79. The molecular weight excluding hydrogens is 440 g/mol. The van der Waals surface area contributed by atoms with Crippen molar-refractivity contribution < 1.29 is 9.53 Å². The number of hydrogen-bond acceptors (Lipinski definition) is 4. The van der Waals surface area contributed by atoms with Crippen molar-refractivity contribution in [3.05, 3.63) is 62.3 Å². The number of aromatic nitrogens is 1. The number of piperidine rings is 1. The third-order valence-electron chi connectivity index (χ3n) is 5.50. The number of esters is 1. The zero-order valence-electron chi connectivity index (χ0n) is 15.7. The summed E-state index contributed by atoms with van der Waals surface area (Å²) in [6.45, 7) is 4.13. The first-order valence-electron chi connectivity index (χ1n) is 9.63. The van der Waals surface area contributed by atoms with E-state index in [4.69, 9.17) is 21.3 Å². The molecule has 146 valence electrons. The Balaban J connectivity index is 1.96. The van der Waals surface area contributed by atoms with E-state index in [1.807, 2.05) is 37.4 Å². The van der Waals surface area contributed by atoms with Crippen LogP contribution in [-0.2, 0) is 9.53 Å².